The maximum Gasteiger partial charge on any atom is 0.254 e. The molecule has 0 heterocycles. The molecule has 0 aliphatic heterocycles. The largest absolute Gasteiger partial charge is 0.366 e. The minimum Gasteiger partial charge on any atom is -0.366 e. The molecule has 3 saturated carbocycles. The lowest BCUT2D eigenvalue weighted by Crippen LogP contribution is -2.50. The fourth-order valence-corrected chi connectivity index (χ4v) is 8.60. The van der Waals surface area contributed by atoms with E-state index < -0.39 is 5.91 Å². The standard InChI is InChI=1S/C39H63N3O3/c1-4-7-10-28-13-19-31(20-14-28)38(44)41-34-26-32(37(40)43)25-33(27-34)39(45)42(35-21-15-29(16-22-35)11-8-5-2)36-23-17-30(18-24-36)12-9-6-3/h25-31,35-36H,4-24H2,1-3H3,(H2,40,43)(H,41,44)/t28?,29-,30-,31?,35+,36+. The summed E-state index contributed by atoms with van der Waals surface area (Å²) in [5.41, 5.74) is 7.05. The molecule has 0 spiro atoms. The number of hydrogen-bond donors (Lipinski definition) is 2. The predicted octanol–water partition coefficient (Wildman–Crippen LogP) is 9.66. The molecule has 0 radical (unpaired) electrons. The molecule has 6 heteroatoms. The third-order valence-electron chi connectivity index (χ3n) is 11.5. The SMILES string of the molecule is CCCCC1CCC(C(=O)Nc2cc(C(N)=O)cc(C(=O)N([C@H]3CC[C@@H](CCCC)CC3)[C@H]3CC[C@@H](CCCC)CC3)c2)CC1. The van der Waals surface area contributed by atoms with Gasteiger partial charge in [0.2, 0.25) is 11.8 Å². The zero-order chi connectivity index (χ0) is 32.2. The van der Waals surface area contributed by atoms with Crippen LogP contribution in [-0.4, -0.2) is 34.7 Å². The molecule has 3 fully saturated rings. The first-order valence-electron chi connectivity index (χ1n) is 18.9. The molecule has 0 bridgehead atoms. The van der Waals surface area contributed by atoms with Gasteiger partial charge >= 0.3 is 0 Å². The van der Waals surface area contributed by atoms with Crippen molar-refractivity contribution >= 4 is 23.4 Å². The van der Waals surface area contributed by atoms with Gasteiger partial charge in [0.25, 0.3) is 5.91 Å². The summed E-state index contributed by atoms with van der Waals surface area (Å²) in [6, 6.07) is 5.56. The number of benzene rings is 1. The van der Waals surface area contributed by atoms with Crippen molar-refractivity contribution in [3.05, 3.63) is 29.3 Å². The molecule has 3 amide bonds. The summed E-state index contributed by atoms with van der Waals surface area (Å²) < 4.78 is 0. The van der Waals surface area contributed by atoms with Crippen molar-refractivity contribution in [1.29, 1.82) is 0 Å². The maximum absolute atomic E-state index is 14.5. The number of amides is 3. The third kappa shape index (κ3) is 10.3. The molecule has 0 unspecified atom stereocenters. The Kier molecular flexibility index (Phi) is 14.3. The minimum atomic E-state index is -0.573. The van der Waals surface area contributed by atoms with Crippen LogP contribution < -0.4 is 11.1 Å². The van der Waals surface area contributed by atoms with E-state index in [-0.39, 0.29) is 35.4 Å². The van der Waals surface area contributed by atoms with Gasteiger partial charge in [0, 0.05) is 34.8 Å². The van der Waals surface area contributed by atoms with Crippen molar-refractivity contribution in [2.75, 3.05) is 5.32 Å². The van der Waals surface area contributed by atoms with Gasteiger partial charge in [-0.2, -0.15) is 0 Å². The van der Waals surface area contributed by atoms with Gasteiger partial charge in [0.1, 0.15) is 0 Å². The summed E-state index contributed by atoms with van der Waals surface area (Å²) in [7, 11) is 0. The number of carbonyl (C=O) groups excluding carboxylic acids is 3. The molecular formula is C39H63N3O3. The van der Waals surface area contributed by atoms with Gasteiger partial charge in [0.15, 0.2) is 0 Å². The van der Waals surface area contributed by atoms with Gasteiger partial charge in [-0.25, -0.2) is 0 Å². The Morgan fingerprint density at radius 3 is 1.49 bits per heavy atom. The number of nitrogens with zero attached hydrogens (tertiary/aromatic N) is 1. The third-order valence-corrected chi connectivity index (χ3v) is 11.5. The van der Waals surface area contributed by atoms with Crippen molar-refractivity contribution in [2.24, 2.45) is 29.4 Å². The normalized spacial score (nSPS) is 27.1. The second kappa shape index (κ2) is 18.1. The molecule has 3 aliphatic rings. The predicted molar refractivity (Wildman–Crippen MR) is 185 cm³/mol. The fraction of sp³-hybridized carbons (Fsp3) is 0.769. The van der Waals surface area contributed by atoms with Crippen LogP contribution in [0.15, 0.2) is 18.2 Å². The molecule has 1 aromatic rings. The molecule has 0 atom stereocenters. The molecular weight excluding hydrogens is 558 g/mol. The van der Waals surface area contributed by atoms with Gasteiger partial charge in [-0.3, -0.25) is 14.4 Å². The molecule has 252 valence electrons. The van der Waals surface area contributed by atoms with E-state index in [2.05, 4.69) is 31.0 Å². The minimum absolute atomic E-state index is 0.000882. The highest BCUT2D eigenvalue weighted by atomic mass is 16.2. The second-order valence-electron chi connectivity index (χ2n) is 14.9. The zero-order valence-electron chi connectivity index (χ0n) is 28.8. The summed E-state index contributed by atoms with van der Waals surface area (Å²) in [6.45, 7) is 6.76. The van der Waals surface area contributed by atoms with Crippen molar-refractivity contribution < 1.29 is 14.4 Å². The lowest BCUT2D eigenvalue weighted by molar-refractivity contribution is -0.121. The van der Waals surface area contributed by atoms with E-state index in [1.54, 1.807) is 18.2 Å². The lowest BCUT2D eigenvalue weighted by Gasteiger charge is -2.44. The van der Waals surface area contributed by atoms with Crippen LogP contribution in [0.3, 0.4) is 0 Å². The fourth-order valence-electron chi connectivity index (χ4n) is 8.60. The van der Waals surface area contributed by atoms with Crippen LogP contribution >= 0.6 is 0 Å². The van der Waals surface area contributed by atoms with Crippen LogP contribution in [0.5, 0.6) is 0 Å². The molecule has 3 N–H and O–H groups in total. The van der Waals surface area contributed by atoms with Crippen LogP contribution in [0.2, 0.25) is 0 Å². The van der Waals surface area contributed by atoms with E-state index in [0.717, 1.165) is 69.1 Å². The highest BCUT2D eigenvalue weighted by molar-refractivity contribution is 6.02. The van der Waals surface area contributed by atoms with Gasteiger partial charge in [0.05, 0.1) is 0 Å². The molecule has 3 aliphatic carbocycles. The number of nitrogens with one attached hydrogen (secondary N) is 1. The smallest absolute Gasteiger partial charge is 0.254 e. The van der Waals surface area contributed by atoms with Crippen LogP contribution in [0.1, 0.15) is 176 Å². The highest BCUT2D eigenvalue weighted by Gasteiger charge is 2.36. The van der Waals surface area contributed by atoms with Gasteiger partial charge < -0.3 is 16.0 Å². The Balaban J connectivity index is 1.51. The number of nitrogens with two attached hydrogens (primary N) is 1. The topological polar surface area (TPSA) is 92.5 Å². The highest BCUT2D eigenvalue weighted by Crippen LogP contribution is 2.38. The zero-order valence-corrected chi connectivity index (χ0v) is 28.8. The number of hydrogen-bond acceptors (Lipinski definition) is 3. The van der Waals surface area contributed by atoms with Crippen molar-refractivity contribution in [3.8, 4) is 0 Å². The van der Waals surface area contributed by atoms with E-state index >= 15 is 0 Å². The van der Waals surface area contributed by atoms with Gasteiger partial charge in [-0.15, -0.1) is 0 Å². The van der Waals surface area contributed by atoms with E-state index in [4.69, 9.17) is 5.73 Å². The van der Waals surface area contributed by atoms with Crippen LogP contribution in [0.4, 0.5) is 5.69 Å². The lowest BCUT2D eigenvalue weighted by atomic mass is 9.79. The monoisotopic (exact) mass is 621 g/mol. The number of carbonyl (C=O) groups is 3. The number of unbranched alkanes of at least 4 members (excludes halogenated alkanes) is 3. The number of rotatable bonds is 15. The van der Waals surface area contributed by atoms with Gasteiger partial charge in [-0.1, -0.05) is 78.6 Å². The average molecular weight is 622 g/mol. The van der Waals surface area contributed by atoms with E-state index in [9.17, 15) is 14.4 Å². The first-order chi connectivity index (χ1) is 21.8. The van der Waals surface area contributed by atoms with Crippen LogP contribution in [0.25, 0.3) is 0 Å². The molecule has 0 aromatic heterocycles. The second-order valence-corrected chi connectivity index (χ2v) is 14.9. The number of primary amides is 1. The summed E-state index contributed by atoms with van der Waals surface area (Å²) in [6.07, 6.45) is 24.3. The van der Waals surface area contributed by atoms with Crippen molar-refractivity contribution in [1.82, 2.24) is 4.90 Å². The summed E-state index contributed by atoms with van der Waals surface area (Å²) in [4.78, 5) is 42.6. The van der Waals surface area contributed by atoms with E-state index in [1.165, 1.54) is 83.5 Å². The Morgan fingerprint density at radius 1 is 0.644 bits per heavy atom. The van der Waals surface area contributed by atoms with Crippen molar-refractivity contribution in [2.45, 2.75) is 168 Å². The van der Waals surface area contributed by atoms with E-state index in [0.29, 0.717) is 11.3 Å². The molecule has 6 nitrogen and oxygen atoms in total. The quantitative estimate of drug-likeness (QED) is 0.204. The molecule has 45 heavy (non-hydrogen) atoms. The van der Waals surface area contributed by atoms with Crippen molar-refractivity contribution in [3.63, 3.8) is 0 Å². The Morgan fingerprint density at radius 2 is 1.07 bits per heavy atom. The van der Waals surface area contributed by atoms with Crippen LogP contribution in [0, 0.1) is 23.7 Å². The summed E-state index contributed by atoms with van der Waals surface area (Å²) in [5.74, 6) is 1.66. The van der Waals surface area contributed by atoms with E-state index in [1.807, 2.05) is 0 Å². The summed E-state index contributed by atoms with van der Waals surface area (Å²) >= 11 is 0. The molecule has 1 aromatic carbocycles. The Bertz CT molecular complexity index is 1050. The molecule has 0 saturated heterocycles. The first-order valence-corrected chi connectivity index (χ1v) is 18.9. The average Bonchev–Trinajstić information content (AvgIpc) is 3.06. The molecule has 4 rings (SSSR count). The van der Waals surface area contributed by atoms with Crippen LogP contribution in [-0.2, 0) is 4.79 Å². The Labute approximate surface area is 274 Å². The van der Waals surface area contributed by atoms with Gasteiger partial charge in [-0.05, 0) is 113 Å². The Hall–Kier alpha value is -2.37. The maximum atomic E-state index is 14.5. The summed E-state index contributed by atoms with van der Waals surface area (Å²) in [5, 5.41) is 3.09. The first kappa shape index (κ1) is 35.5. The number of anilines is 1.